The van der Waals surface area contributed by atoms with Crippen molar-refractivity contribution in [3.05, 3.63) is 77.9 Å². The molecule has 9 heteroatoms. The molecule has 0 saturated carbocycles. The van der Waals surface area contributed by atoms with Crippen LogP contribution < -0.4 is 24.8 Å². The average Bonchev–Trinajstić information content (AvgIpc) is 2.78. The predicted octanol–water partition coefficient (Wildman–Crippen LogP) is 4.14. The van der Waals surface area contributed by atoms with Gasteiger partial charge in [-0.25, -0.2) is 8.78 Å². The Labute approximate surface area is 182 Å². The summed E-state index contributed by atoms with van der Waals surface area (Å²) in [7, 11) is 3.04. The summed E-state index contributed by atoms with van der Waals surface area (Å²) in [5, 5.41) is 4.89. The molecule has 2 amide bonds. The van der Waals surface area contributed by atoms with E-state index in [-0.39, 0.29) is 5.56 Å². The summed E-state index contributed by atoms with van der Waals surface area (Å²) in [6.07, 6.45) is 0. The Balaban J connectivity index is 1.64. The summed E-state index contributed by atoms with van der Waals surface area (Å²) in [4.78, 5) is 24.2. The first kappa shape index (κ1) is 22.5. The minimum atomic E-state index is -1.02. The molecule has 0 heterocycles. The van der Waals surface area contributed by atoms with Crippen molar-refractivity contribution in [2.75, 3.05) is 26.1 Å². The number of benzene rings is 3. The average molecular weight is 442 g/mol. The number of methoxy groups -OCH3 is 2. The van der Waals surface area contributed by atoms with Crippen LogP contribution in [0.4, 0.5) is 14.5 Å². The summed E-state index contributed by atoms with van der Waals surface area (Å²) < 4.78 is 42.9. The van der Waals surface area contributed by atoms with E-state index in [1.807, 2.05) is 0 Å². The van der Waals surface area contributed by atoms with Crippen LogP contribution in [-0.2, 0) is 4.79 Å². The molecule has 0 radical (unpaired) electrons. The maximum atomic E-state index is 13.7. The van der Waals surface area contributed by atoms with Crippen molar-refractivity contribution >= 4 is 17.5 Å². The number of anilines is 1. The zero-order chi connectivity index (χ0) is 23.1. The first-order valence-corrected chi connectivity index (χ1v) is 9.42. The maximum absolute atomic E-state index is 13.7. The Morgan fingerprint density at radius 2 is 1.56 bits per heavy atom. The van der Waals surface area contributed by atoms with Gasteiger partial charge >= 0.3 is 0 Å². The topological polar surface area (TPSA) is 85.9 Å². The van der Waals surface area contributed by atoms with Crippen LogP contribution in [0.5, 0.6) is 23.0 Å². The molecule has 0 spiro atoms. The lowest BCUT2D eigenvalue weighted by Crippen LogP contribution is -2.33. The van der Waals surface area contributed by atoms with Gasteiger partial charge < -0.3 is 24.8 Å². The molecular weight excluding hydrogens is 422 g/mol. The summed E-state index contributed by atoms with van der Waals surface area (Å²) >= 11 is 0. The van der Waals surface area contributed by atoms with E-state index in [0.29, 0.717) is 34.8 Å². The van der Waals surface area contributed by atoms with Gasteiger partial charge in [0.05, 0.1) is 26.3 Å². The van der Waals surface area contributed by atoms with Crippen molar-refractivity contribution in [2.24, 2.45) is 0 Å². The summed E-state index contributed by atoms with van der Waals surface area (Å²) in [6, 6.07) is 14.2. The van der Waals surface area contributed by atoms with E-state index in [2.05, 4.69) is 10.6 Å². The third-order valence-electron chi connectivity index (χ3n) is 4.32. The summed E-state index contributed by atoms with van der Waals surface area (Å²) in [5.74, 6) is -1.21. The van der Waals surface area contributed by atoms with E-state index < -0.39 is 30.0 Å². The van der Waals surface area contributed by atoms with Gasteiger partial charge in [0.25, 0.3) is 5.91 Å². The first-order chi connectivity index (χ1) is 15.4. The molecule has 0 saturated heterocycles. The molecule has 166 valence electrons. The van der Waals surface area contributed by atoms with Crippen molar-refractivity contribution in [1.82, 2.24) is 5.32 Å². The molecule has 0 aliphatic heterocycles. The Bertz CT molecular complexity index is 1120. The van der Waals surface area contributed by atoms with Gasteiger partial charge in [-0.2, -0.15) is 0 Å². The van der Waals surface area contributed by atoms with Crippen LogP contribution in [-0.4, -0.2) is 32.6 Å². The molecule has 3 aromatic rings. The molecular formula is C23H20F2N2O5. The monoisotopic (exact) mass is 442 g/mol. The summed E-state index contributed by atoms with van der Waals surface area (Å²) in [5.41, 5.74) is 0.0281. The molecule has 0 fully saturated rings. The fraction of sp³-hybridized carbons (Fsp3) is 0.130. The molecule has 0 aromatic heterocycles. The normalized spacial score (nSPS) is 10.2. The van der Waals surface area contributed by atoms with Crippen molar-refractivity contribution in [2.45, 2.75) is 0 Å². The van der Waals surface area contributed by atoms with Crippen LogP contribution in [0.3, 0.4) is 0 Å². The minimum Gasteiger partial charge on any atom is -0.497 e. The molecule has 3 rings (SSSR count). The zero-order valence-electron chi connectivity index (χ0n) is 17.3. The van der Waals surface area contributed by atoms with Gasteiger partial charge in [0.1, 0.15) is 23.1 Å². The number of amides is 2. The highest BCUT2D eigenvalue weighted by Crippen LogP contribution is 2.34. The third-order valence-corrected chi connectivity index (χ3v) is 4.32. The highest BCUT2D eigenvalue weighted by molar-refractivity contribution is 5.99. The predicted molar refractivity (Wildman–Crippen MR) is 113 cm³/mol. The number of hydrogen-bond donors (Lipinski definition) is 2. The van der Waals surface area contributed by atoms with Gasteiger partial charge in [0.2, 0.25) is 5.91 Å². The molecule has 7 nitrogen and oxygen atoms in total. The van der Waals surface area contributed by atoms with E-state index in [0.717, 1.165) is 12.1 Å². The first-order valence-electron chi connectivity index (χ1n) is 9.42. The third kappa shape index (κ3) is 5.72. The molecule has 0 aliphatic carbocycles. The quantitative estimate of drug-likeness (QED) is 0.548. The Hall–Kier alpha value is -4.14. The second-order valence-electron chi connectivity index (χ2n) is 6.50. The Morgan fingerprint density at radius 1 is 0.844 bits per heavy atom. The fourth-order valence-corrected chi connectivity index (χ4v) is 2.74. The maximum Gasteiger partial charge on any atom is 0.254 e. The molecule has 2 N–H and O–H groups in total. The molecule has 0 bridgehead atoms. The van der Waals surface area contributed by atoms with Crippen LogP contribution in [0.2, 0.25) is 0 Å². The van der Waals surface area contributed by atoms with Crippen LogP contribution in [0.1, 0.15) is 10.4 Å². The second-order valence-corrected chi connectivity index (χ2v) is 6.50. The second kappa shape index (κ2) is 10.3. The lowest BCUT2D eigenvalue weighted by atomic mass is 10.2. The zero-order valence-corrected chi connectivity index (χ0v) is 17.3. The van der Waals surface area contributed by atoms with Gasteiger partial charge in [0, 0.05) is 17.8 Å². The number of rotatable bonds is 8. The lowest BCUT2D eigenvalue weighted by Gasteiger charge is -2.13. The van der Waals surface area contributed by atoms with E-state index >= 15 is 0 Å². The number of halogens is 2. The van der Waals surface area contributed by atoms with E-state index in [9.17, 15) is 18.4 Å². The van der Waals surface area contributed by atoms with E-state index in [4.69, 9.17) is 14.2 Å². The summed E-state index contributed by atoms with van der Waals surface area (Å²) in [6.45, 7) is -0.420. The van der Waals surface area contributed by atoms with Gasteiger partial charge in [-0.05, 0) is 48.5 Å². The molecule has 0 atom stereocenters. The van der Waals surface area contributed by atoms with Crippen molar-refractivity contribution < 1.29 is 32.6 Å². The lowest BCUT2D eigenvalue weighted by molar-refractivity contribution is -0.115. The van der Waals surface area contributed by atoms with Crippen LogP contribution >= 0.6 is 0 Å². The Kier molecular flexibility index (Phi) is 7.22. The number of nitrogens with one attached hydrogen (secondary N) is 2. The van der Waals surface area contributed by atoms with Crippen molar-refractivity contribution in [3.8, 4) is 23.0 Å². The van der Waals surface area contributed by atoms with Gasteiger partial charge in [-0.3, -0.25) is 9.59 Å². The van der Waals surface area contributed by atoms with Crippen LogP contribution in [0, 0.1) is 11.6 Å². The standard InChI is InChI=1S/C23H20F2N2O5/c1-30-16-5-7-17(8-6-16)32-21-12-15(4-10-20(21)31-2)27-22(28)13-26-23(29)18-9-3-14(24)11-19(18)25/h3-12H,13H2,1-2H3,(H,26,29)(H,27,28). The number of ether oxygens (including phenoxy) is 3. The Morgan fingerprint density at radius 3 is 2.22 bits per heavy atom. The van der Waals surface area contributed by atoms with E-state index in [1.165, 1.54) is 7.11 Å². The van der Waals surface area contributed by atoms with Crippen LogP contribution in [0.25, 0.3) is 0 Å². The highest BCUT2D eigenvalue weighted by Gasteiger charge is 2.14. The SMILES string of the molecule is COc1ccc(Oc2cc(NC(=O)CNC(=O)c3ccc(F)cc3F)ccc2OC)cc1. The van der Waals surface area contributed by atoms with Crippen molar-refractivity contribution in [3.63, 3.8) is 0 Å². The molecule has 0 aliphatic rings. The smallest absolute Gasteiger partial charge is 0.254 e. The van der Waals surface area contributed by atoms with Gasteiger partial charge in [0.15, 0.2) is 11.5 Å². The fourth-order valence-electron chi connectivity index (χ4n) is 2.74. The minimum absolute atomic E-state index is 0.355. The molecule has 0 unspecified atom stereocenters. The van der Waals surface area contributed by atoms with Crippen LogP contribution in [0.15, 0.2) is 60.7 Å². The molecule has 32 heavy (non-hydrogen) atoms. The van der Waals surface area contributed by atoms with E-state index in [1.54, 1.807) is 49.6 Å². The number of carbonyl (C=O) groups is 2. The van der Waals surface area contributed by atoms with Crippen molar-refractivity contribution in [1.29, 1.82) is 0 Å². The largest absolute Gasteiger partial charge is 0.497 e. The van der Waals surface area contributed by atoms with Gasteiger partial charge in [-0.1, -0.05) is 0 Å². The molecule has 3 aromatic carbocycles. The number of carbonyl (C=O) groups excluding carboxylic acids is 2. The highest BCUT2D eigenvalue weighted by atomic mass is 19.1. The number of hydrogen-bond acceptors (Lipinski definition) is 5. The van der Waals surface area contributed by atoms with Gasteiger partial charge in [-0.15, -0.1) is 0 Å².